The van der Waals surface area contributed by atoms with Crippen molar-refractivity contribution in [1.82, 2.24) is 10.3 Å². The van der Waals surface area contributed by atoms with E-state index in [1.165, 1.54) is 0 Å². The number of hydrogen-bond donors (Lipinski definition) is 1. The van der Waals surface area contributed by atoms with Gasteiger partial charge in [-0.15, -0.1) is 0 Å². The minimum absolute atomic E-state index is 0.0927. The molecule has 1 atom stereocenters. The monoisotopic (exact) mass is 226 g/mol. The van der Waals surface area contributed by atoms with Crippen LogP contribution in [0, 0.1) is 0 Å². The molecule has 0 aromatic carbocycles. The Bertz CT molecular complexity index is 308. The number of aromatic nitrogens is 1. The van der Waals surface area contributed by atoms with E-state index in [4.69, 9.17) is 13.9 Å². The van der Waals surface area contributed by atoms with Crippen LogP contribution >= 0.6 is 0 Å². The van der Waals surface area contributed by atoms with E-state index in [0.29, 0.717) is 12.7 Å². The minimum atomic E-state index is 0.0927. The zero-order valence-corrected chi connectivity index (χ0v) is 9.57. The van der Waals surface area contributed by atoms with Gasteiger partial charge in [0.05, 0.1) is 18.9 Å². The molecule has 1 aliphatic heterocycles. The highest BCUT2D eigenvalue weighted by Gasteiger charge is 2.19. The van der Waals surface area contributed by atoms with E-state index >= 15 is 0 Å². The summed E-state index contributed by atoms with van der Waals surface area (Å²) < 4.78 is 16.0. The molecule has 2 rings (SSSR count). The van der Waals surface area contributed by atoms with E-state index in [-0.39, 0.29) is 6.10 Å². The first kappa shape index (κ1) is 11.4. The lowest BCUT2D eigenvalue weighted by Crippen LogP contribution is -2.16. The van der Waals surface area contributed by atoms with Gasteiger partial charge in [0, 0.05) is 13.0 Å². The maximum Gasteiger partial charge on any atom is 0.394 e. The van der Waals surface area contributed by atoms with E-state index in [1.807, 2.05) is 0 Å². The Kier molecular flexibility index (Phi) is 4.18. The van der Waals surface area contributed by atoms with Crippen molar-refractivity contribution in [3.63, 3.8) is 0 Å². The van der Waals surface area contributed by atoms with Crippen molar-refractivity contribution in [2.75, 3.05) is 19.8 Å². The molecule has 0 aliphatic carbocycles. The summed E-state index contributed by atoms with van der Waals surface area (Å²) in [5.74, 6) is 0. The third kappa shape index (κ3) is 3.21. The molecule has 5 heteroatoms. The number of ether oxygens (including phenoxy) is 2. The first-order valence-electron chi connectivity index (χ1n) is 5.78. The molecule has 0 saturated carbocycles. The smallest absolute Gasteiger partial charge is 0.394 e. The fourth-order valence-electron chi connectivity index (χ4n) is 1.57. The molecule has 0 radical (unpaired) electrons. The molecule has 1 N–H and O–H groups in total. The van der Waals surface area contributed by atoms with Crippen molar-refractivity contribution in [2.24, 2.45) is 0 Å². The summed E-state index contributed by atoms with van der Waals surface area (Å²) in [6.07, 6.45) is 4.10. The van der Waals surface area contributed by atoms with E-state index in [9.17, 15) is 0 Å². The second-order valence-electron chi connectivity index (χ2n) is 3.88. The van der Waals surface area contributed by atoms with Gasteiger partial charge in [-0.25, -0.2) is 0 Å². The molecule has 90 valence electrons. The van der Waals surface area contributed by atoms with Crippen LogP contribution < -0.4 is 10.1 Å². The van der Waals surface area contributed by atoms with Gasteiger partial charge in [-0.2, -0.15) is 4.98 Å². The quantitative estimate of drug-likeness (QED) is 0.742. The molecule has 1 aliphatic rings. The summed E-state index contributed by atoms with van der Waals surface area (Å²) in [6.45, 7) is 5.23. The maximum atomic E-state index is 5.53. The Morgan fingerprint density at radius 2 is 2.56 bits per heavy atom. The molecule has 1 unspecified atom stereocenters. The molecule has 1 saturated heterocycles. The third-order valence-corrected chi connectivity index (χ3v) is 2.42. The zero-order valence-electron chi connectivity index (χ0n) is 9.57. The van der Waals surface area contributed by atoms with Crippen molar-refractivity contribution in [3.05, 3.63) is 12.0 Å². The summed E-state index contributed by atoms with van der Waals surface area (Å²) in [6, 6.07) is 0. The topological polar surface area (TPSA) is 56.5 Å². The molecular weight excluding hydrogens is 208 g/mol. The van der Waals surface area contributed by atoms with Gasteiger partial charge in [-0.3, -0.25) is 0 Å². The molecule has 0 amide bonds. The molecular formula is C11H18N2O3. The normalized spacial score (nSPS) is 20.2. The zero-order chi connectivity index (χ0) is 11.2. The largest absolute Gasteiger partial charge is 0.444 e. The summed E-state index contributed by atoms with van der Waals surface area (Å²) in [5.41, 5.74) is 0.877. The van der Waals surface area contributed by atoms with E-state index in [2.05, 4.69) is 17.2 Å². The molecule has 1 fully saturated rings. The number of nitrogens with zero attached hydrogens (tertiary/aromatic N) is 1. The maximum absolute atomic E-state index is 5.53. The Balaban J connectivity index is 1.77. The van der Waals surface area contributed by atoms with Crippen LogP contribution in [-0.2, 0) is 11.3 Å². The lowest BCUT2D eigenvalue weighted by molar-refractivity contribution is 0.115. The summed E-state index contributed by atoms with van der Waals surface area (Å²) in [4.78, 5) is 4.24. The first-order valence-corrected chi connectivity index (χ1v) is 5.78. The molecule has 1 aromatic rings. The molecule has 0 bridgehead atoms. The van der Waals surface area contributed by atoms with Gasteiger partial charge >= 0.3 is 6.08 Å². The number of rotatable bonds is 6. The van der Waals surface area contributed by atoms with Crippen LogP contribution in [0.25, 0.3) is 0 Å². The predicted octanol–water partition coefficient (Wildman–Crippen LogP) is 1.34. The number of nitrogens with one attached hydrogen (secondary N) is 1. The van der Waals surface area contributed by atoms with Gasteiger partial charge in [0.25, 0.3) is 0 Å². The van der Waals surface area contributed by atoms with Crippen molar-refractivity contribution in [1.29, 1.82) is 0 Å². The van der Waals surface area contributed by atoms with Crippen molar-refractivity contribution >= 4 is 0 Å². The second-order valence-corrected chi connectivity index (χ2v) is 3.88. The van der Waals surface area contributed by atoms with Crippen LogP contribution in [0.2, 0.25) is 0 Å². The third-order valence-electron chi connectivity index (χ3n) is 2.42. The van der Waals surface area contributed by atoms with Crippen molar-refractivity contribution < 1.29 is 13.9 Å². The van der Waals surface area contributed by atoms with Crippen molar-refractivity contribution in [2.45, 2.75) is 32.4 Å². The average Bonchev–Trinajstić information content (AvgIpc) is 2.91. The molecule has 16 heavy (non-hydrogen) atoms. The standard InChI is InChI=1S/C11H18N2O3/c1-2-4-12-6-9-7-15-11(13-9)16-10-3-5-14-8-10/h7,10,12H,2-6,8H2,1H3. The Hall–Kier alpha value is -1.07. The van der Waals surface area contributed by atoms with Gasteiger partial charge < -0.3 is 19.2 Å². The van der Waals surface area contributed by atoms with Gasteiger partial charge in [0.2, 0.25) is 0 Å². The Morgan fingerprint density at radius 3 is 3.31 bits per heavy atom. The average molecular weight is 226 g/mol. The van der Waals surface area contributed by atoms with Gasteiger partial charge in [-0.05, 0) is 13.0 Å². The number of hydrogen-bond acceptors (Lipinski definition) is 5. The highest BCUT2D eigenvalue weighted by atomic mass is 16.6. The highest BCUT2D eigenvalue weighted by Crippen LogP contribution is 2.16. The lowest BCUT2D eigenvalue weighted by Gasteiger charge is -2.05. The van der Waals surface area contributed by atoms with Crippen LogP contribution in [0.4, 0.5) is 0 Å². The van der Waals surface area contributed by atoms with Crippen LogP contribution in [-0.4, -0.2) is 30.8 Å². The Labute approximate surface area is 95.1 Å². The SMILES string of the molecule is CCCNCc1coc(OC2CCOC2)n1. The van der Waals surface area contributed by atoms with E-state index < -0.39 is 0 Å². The fourth-order valence-corrected chi connectivity index (χ4v) is 1.57. The van der Waals surface area contributed by atoms with E-state index in [0.717, 1.165) is 38.2 Å². The van der Waals surface area contributed by atoms with Gasteiger partial charge in [-0.1, -0.05) is 6.92 Å². The van der Waals surface area contributed by atoms with E-state index in [1.54, 1.807) is 6.26 Å². The summed E-state index contributed by atoms with van der Waals surface area (Å²) in [7, 11) is 0. The van der Waals surface area contributed by atoms with Crippen LogP contribution in [0.5, 0.6) is 6.08 Å². The highest BCUT2D eigenvalue weighted by molar-refractivity contribution is 5.00. The molecule has 0 spiro atoms. The van der Waals surface area contributed by atoms with Crippen LogP contribution in [0.3, 0.4) is 0 Å². The van der Waals surface area contributed by atoms with Gasteiger partial charge in [0.15, 0.2) is 0 Å². The second kappa shape index (κ2) is 5.86. The lowest BCUT2D eigenvalue weighted by atomic mass is 10.3. The van der Waals surface area contributed by atoms with Crippen LogP contribution in [0.15, 0.2) is 10.7 Å². The van der Waals surface area contributed by atoms with Crippen LogP contribution in [0.1, 0.15) is 25.5 Å². The fraction of sp³-hybridized carbons (Fsp3) is 0.727. The summed E-state index contributed by atoms with van der Waals surface area (Å²) >= 11 is 0. The minimum Gasteiger partial charge on any atom is -0.444 e. The Morgan fingerprint density at radius 1 is 1.62 bits per heavy atom. The first-order chi connectivity index (χ1) is 7.88. The summed E-state index contributed by atoms with van der Waals surface area (Å²) in [5, 5.41) is 3.26. The molecule has 2 heterocycles. The molecule has 1 aromatic heterocycles. The van der Waals surface area contributed by atoms with Gasteiger partial charge in [0.1, 0.15) is 12.4 Å². The number of oxazole rings is 1. The molecule has 5 nitrogen and oxygen atoms in total. The predicted molar refractivity (Wildman–Crippen MR) is 58.4 cm³/mol. The van der Waals surface area contributed by atoms with Crippen molar-refractivity contribution in [3.8, 4) is 6.08 Å².